The molecule has 2 rings (SSSR count). The molecule has 21 heavy (non-hydrogen) atoms. The monoisotopic (exact) mass is 304 g/mol. The first-order chi connectivity index (χ1) is 10.1. The summed E-state index contributed by atoms with van der Waals surface area (Å²) in [6, 6.07) is 11.8. The fourth-order valence-corrected chi connectivity index (χ4v) is 2.38. The van der Waals surface area contributed by atoms with E-state index in [9.17, 15) is 0 Å². The van der Waals surface area contributed by atoms with Gasteiger partial charge in [-0.2, -0.15) is 0 Å². The molecule has 1 aromatic carbocycles. The highest BCUT2D eigenvalue weighted by Crippen LogP contribution is 2.30. The van der Waals surface area contributed by atoms with Gasteiger partial charge in [0.25, 0.3) is 0 Å². The number of ether oxygens (including phenoxy) is 1. The number of aromatic nitrogens is 1. The molecule has 1 unspecified atom stereocenters. The van der Waals surface area contributed by atoms with E-state index < -0.39 is 0 Å². The number of aryl methyl sites for hydroxylation is 1. The molecule has 0 aliphatic carbocycles. The van der Waals surface area contributed by atoms with Crippen LogP contribution in [0.4, 0.5) is 0 Å². The summed E-state index contributed by atoms with van der Waals surface area (Å²) in [5.41, 5.74) is 8.95. The Hall–Kier alpha value is -1.58. The average molecular weight is 305 g/mol. The average Bonchev–Trinajstić information content (AvgIpc) is 2.46. The molecule has 1 heterocycles. The summed E-state index contributed by atoms with van der Waals surface area (Å²) >= 11 is 6.27. The van der Waals surface area contributed by atoms with Crippen molar-refractivity contribution in [1.29, 1.82) is 0 Å². The fraction of sp³-hybridized carbons (Fsp3) is 0.353. The highest BCUT2D eigenvalue weighted by molar-refractivity contribution is 6.32. The summed E-state index contributed by atoms with van der Waals surface area (Å²) in [4.78, 5) is 4.43. The lowest BCUT2D eigenvalue weighted by molar-refractivity contribution is 0.297. The minimum atomic E-state index is 0.114. The third-order valence-corrected chi connectivity index (χ3v) is 3.66. The second-order valence-corrected chi connectivity index (χ2v) is 5.57. The SMILES string of the molecule is CCC(N)Cc1cccc(Cl)c1OCc1cccc(C)n1. The lowest BCUT2D eigenvalue weighted by atomic mass is 10.0. The Morgan fingerprint density at radius 1 is 1.24 bits per heavy atom. The van der Waals surface area contributed by atoms with E-state index in [0.29, 0.717) is 17.4 Å². The van der Waals surface area contributed by atoms with Crippen LogP contribution in [0.2, 0.25) is 5.02 Å². The summed E-state index contributed by atoms with van der Waals surface area (Å²) in [5, 5.41) is 0.614. The number of pyridine rings is 1. The van der Waals surface area contributed by atoms with Crippen LogP contribution in [0.5, 0.6) is 5.75 Å². The summed E-state index contributed by atoms with van der Waals surface area (Å²) in [7, 11) is 0. The predicted molar refractivity (Wildman–Crippen MR) is 86.7 cm³/mol. The molecule has 0 spiro atoms. The number of nitrogens with two attached hydrogens (primary N) is 1. The molecule has 0 aliphatic heterocycles. The molecule has 1 atom stereocenters. The van der Waals surface area contributed by atoms with Crippen LogP contribution in [0.1, 0.15) is 30.3 Å². The molecule has 1 aromatic heterocycles. The van der Waals surface area contributed by atoms with Gasteiger partial charge < -0.3 is 10.5 Å². The summed E-state index contributed by atoms with van der Waals surface area (Å²) in [6.45, 7) is 4.44. The van der Waals surface area contributed by atoms with Crippen molar-refractivity contribution >= 4 is 11.6 Å². The third kappa shape index (κ3) is 4.45. The van der Waals surface area contributed by atoms with Gasteiger partial charge in [0.15, 0.2) is 0 Å². The smallest absolute Gasteiger partial charge is 0.141 e. The highest BCUT2D eigenvalue weighted by atomic mass is 35.5. The van der Waals surface area contributed by atoms with Gasteiger partial charge in [-0.3, -0.25) is 4.98 Å². The van der Waals surface area contributed by atoms with Crippen LogP contribution in [-0.2, 0) is 13.0 Å². The van der Waals surface area contributed by atoms with Crippen LogP contribution >= 0.6 is 11.6 Å². The minimum absolute atomic E-state index is 0.114. The summed E-state index contributed by atoms with van der Waals surface area (Å²) in [6.07, 6.45) is 1.68. The Morgan fingerprint density at radius 2 is 2.00 bits per heavy atom. The van der Waals surface area contributed by atoms with Crippen molar-refractivity contribution in [2.75, 3.05) is 0 Å². The molecular formula is C17H21ClN2O. The predicted octanol–water partition coefficient (Wildman–Crippen LogP) is 3.90. The van der Waals surface area contributed by atoms with Gasteiger partial charge in [0.05, 0.1) is 10.7 Å². The minimum Gasteiger partial charge on any atom is -0.485 e. The van der Waals surface area contributed by atoms with E-state index in [-0.39, 0.29) is 6.04 Å². The van der Waals surface area contributed by atoms with Gasteiger partial charge in [0.1, 0.15) is 12.4 Å². The zero-order chi connectivity index (χ0) is 15.2. The largest absolute Gasteiger partial charge is 0.485 e. The summed E-state index contributed by atoms with van der Waals surface area (Å²) in [5.74, 6) is 0.714. The van der Waals surface area contributed by atoms with E-state index in [1.54, 1.807) is 0 Å². The Balaban J connectivity index is 2.15. The van der Waals surface area contributed by atoms with Crippen LogP contribution in [0.3, 0.4) is 0 Å². The number of nitrogens with zero attached hydrogens (tertiary/aromatic N) is 1. The molecule has 0 radical (unpaired) electrons. The second-order valence-electron chi connectivity index (χ2n) is 5.16. The van der Waals surface area contributed by atoms with Gasteiger partial charge in [-0.15, -0.1) is 0 Å². The maximum atomic E-state index is 6.27. The number of para-hydroxylation sites is 1. The summed E-state index contributed by atoms with van der Waals surface area (Å²) < 4.78 is 5.90. The molecule has 2 N–H and O–H groups in total. The van der Waals surface area contributed by atoms with Crippen LogP contribution in [-0.4, -0.2) is 11.0 Å². The zero-order valence-electron chi connectivity index (χ0n) is 12.5. The Kier molecular flexibility index (Phi) is 5.59. The normalized spacial score (nSPS) is 12.2. The van der Waals surface area contributed by atoms with Crippen LogP contribution in [0.15, 0.2) is 36.4 Å². The molecule has 0 saturated carbocycles. The van der Waals surface area contributed by atoms with Gasteiger partial charge in [-0.1, -0.05) is 36.7 Å². The highest BCUT2D eigenvalue weighted by Gasteiger charge is 2.12. The van der Waals surface area contributed by atoms with Crippen LogP contribution in [0, 0.1) is 6.92 Å². The van der Waals surface area contributed by atoms with E-state index in [1.165, 1.54) is 0 Å². The Morgan fingerprint density at radius 3 is 2.71 bits per heavy atom. The second kappa shape index (κ2) is 7.43. The van der Waals surface area contributed by atoms with Crippen LogP contribution < -0.4 is 10.5 Å². The number of benzene rings is 1. The number of rotatable bonds is 6. The van der Waals surface area contributed by atoms with E-state index in [1.807, 2.05) is 43.3 Å². The lowest BCUT2D eigenvalue weighted by Crippen LogP contribution is -2.21. The maximum absolute atomic E-state index is 6.27. The van der Waals surface area contributed by atoms with Gasteiger partial charge in [0.2, 0.25) is 0 Å². The van der Waals surface area contributed by atoms with Crippen molar-refractivity contribution in [1.82, 2.24) is 4.98 Å². The first-order valence-corrected chi connectivity index (χ1v) is 7.56. The van der Waals surface area contributed by atoms with Crippen molar-refractivity contribution in [3.8, 4) is 5.75 Å². The van der Waals surface area contributed by atoms with Crippen molar-refractivity contribution in [2.24, 2.45) is 5.73 Å². The van der Waals surface area contributed by atoms with E-state index in [4.69, 9.17) is 22.1 Å². The van der Waals surface area contributed by atoms with Crippen LogP contribution in [0.25, 0.3) is 0 Å². The standard InChI is InChI=1S/C17H21ClN2O/c1-3-14(19)10-13-7-5-9-16(18)17(13)21-11-15-8-4-6-12(2)20-15/h4-9,14H,3,10-11,19H2,1-2H3. The number of hydrogen-bond acceptors (Lipinski definition) is 3. The topological polar surface area (TPSA) is 48.1 Å². The van der Waals surface area contributed by atoms with E-state index >= 15 is 0 Å². The van der Waals surface area contributed by atoms with Gasteiger partial charge in [-0.25, -0.2) is 0 Å². The van der Waals surface area contributed by atoms with E-state index in [0.717, 1.165) is 29.8 Å². The van der Waals surface area contributed by atoms with Crippen molar-refractivity contribution < 1.29 is 4.74 Å². The van der Waals surface area contributed by atoms with Crippen molar-refractivity contribution in [3.63, 3.8) is 0 Å². The third-order valence-electron chi connectivity index (χ3n) is 3.37. The lowest BCUT2D eigenvalue weighted by Gasteiger charge is -2.15. The molecule has 3 nitrogen and oxygen atoms in total. The molecule has 0 bridgehead atoms. The van der Waals surface area contributed by atoms with Crippen molar-refractivity contribution in [2.45, 2.75) is 39.3 Å². The molecule has 0 saturated heterocycles. The van der Waals surface area contributed by atoms with Gasteiger partial charge in [-0.05, 0) is 43.5 Å². The van der Waals surface area contributed by atoms with Gasteiger partial charge >= 0.3 is 0 Å². The van der Waals surface area contributed by atoms with Crippen molar-refractivity contribution in [3.05, 3.63) is 58.4 Å². The molecular weight excluding hydrogens is 284 g/mol. The molecule has 0 amide bonds. The molecule has 2 aromatic rings. The Bertz CT molecular complexity index is 601. The fourth-order valence-electron chi connectivity index (χ4n) is 2.13. The first kappa shape index (κ1) is 15.8. The molecule has 0 fully saturated rings. The van der Waals surface area contributed by atoms with E-state index in [2.05, 4.69) is 11.9 Å². The molecule has 4 heteroatoms. The quantitative estimate of drug-likeness (QED) is 0.880. The molecule has 112 valence electrons. The zero-order valence-corrected chi connectivity index (χ0v) is 13.2. The first-order valence-electron chi connectivity index (χ1n) is 7.18. The van der Waals surface area contributed by atoms with Gasteiger partial charge in [0, 0.05) is 11.7 Å². The number of halogens is 1. The maximum Gasteiger partial charge on any atom is 0.141 e. The Labute approximate surface area is 131 Å². The molecule has 0 aliphatic rings. The number of hydrogen-bond donors (Lipinski definition) is 1.